The number of aliphatic hydroxyl groups is 3. The van der Waals surface area contributed by atoms with Gasteiger partial charge in [-0.25, -0.2) is 37.5 Å². The molecule has 5 rings (SSSR count). The molecule has 3 aromatic rings. The molecule has 1 saturated carbocycles. The van der Waals surface area contributed by atoms with Crippen molar-refractivity contribution in [3.63, 3.8) is 0 Å². The lowest BCUT2D eigenvalue weighted by Gasteiger charge is -2.54. The maximum Gasteiger partial charge on any atom is 0.248 e. The number of ether oxygens (including phenoxy) is 1. The molecule has 0 spiro atoms. The van der Waals surface area contributed by atoms with Crippen LogP contribution in [0.25, 0.3) is 11.3 Å². The molecule has 3 N–H and O–H groups in total. The Kier molecular flexibility index (Phi) is 9.44. The van der Waals surface area contributed by atoms with Crippen molar-refractivity contribution in [3.8, 4) is 11.3 Å². The summed E-state index contributed by atoms with van der Waals surface area (Å²) in [6, 6.07) is 8.26. The smallest absolute Gasteiger partial charge is 0.248 e. The summed E-state index contributed by atoms with van der Waals surface area (Å²) < 4.78 is 77.2. The van der Waals surface area contributed by atoms with Gasteiger partial charge in [-0.3, -0.25) is 0 Å². The van der Waals surface area contributed by atoms with Crippen LogP contribution in [0.2, 0.25) is 0 Å². The first-order valence-electron chi connectivity index (χ1n) is 14.6. The third-order valence-corrected chi connectivity index (χ3v) is 12.7. The summed E-state index contributed by atoms with van der Waals surface area (Å²) in [4.78, 5) is 0. The van der Waals surface area contributed by atoms with E-state index in [1.54, 1.807) is 0 Å². The fourth-order valence-corrected chi connectivity index (χ4v) is 10.7. The summed E-state index contributed by atoms with van der Waals surface area (Å²) in [5.74, 6) is -6.94. The van der Waals surface area contributed by atoms with Crippen molar-refractivity contribution < 1.29 is 42.0 Å². The van der Waals surface area contributed by atoms with Gasteiger partial charge in [0.15, 0.2) is 17.5 Å². The molecular weight excluding hydrogens is 605 g/mol. The summed E-state index contributed by atoms with van der Waals surface area (Å²) in [6.45, 7) is 3.57. The average molecular weight is 644 g/mol. The minimum absolute atomic E-state index is 0.0272. The Hall–Kier alpha value is -2.58. The molecule has 0 radical (unpaired) electrons. The van der Waals surface area contributed by atoms with Gasteiger partial charge >= 0.3 is 0 Å². The van der Waals surface area contributed by atoms with Crippen LogP contribution in [0.15, 0.2) is 42.6 Å². The highest BCUT2D eigenvalue weighted by Crippen LogP contribution is 2.62. The molecular formula is C31H38F5N3O4S. The van der Waals surface area contributed by atoms with Crippen molar-refractivity contribution in [3.05, 3.63) is 71.2 Å². The first kappa shape index (κ1) is 32.8. The number of aliphatic hydroxyl groups excluding tert-OH is 2. The van der Waals surface area contributed by atoms with Crippen LogP contribution in [0.1, 0.15) is 67.9 Å². The lowest BCUT2D eigenvalue weighted by Crippen LogP contribution is -2.54. The molecule has 13 heteroatoms. The Labute approximate surface area is 255 Å². The lowest BCUT2D eigenvalue weighted by atomic mass is 9.77. The number of rotatable bonds is 8. The van der Waals surface area contributed by atoms with Gasteiger partial charge in [0.25, 0.3) is 0 Å². The molecule has 242 valence electrons. The topological polar surface area (TPSA) is 101 Å². The van der Waals surface area contributed by atoms with Crippen LogP contribution in [0.5, 0.6) is 0 Å². The third-order valence-electron chi connectivity index (χ3n) is 9.13. The zero-order valence-corrected chi connectivity index (χ0v) is 25.6. The second-order valence-corrected chi connectivity index (χ2v) is 14.8. The van der Waals surface area contributed by atoms with E-state index in [0.29, 0.717) is 0 Å². The van der Waals surface area contributed by atoms with Crippen LogP contribution in [-0.2, 0) is 4.74 Å². The number of aromatic nitrogens is 3. The molecule has 1 saturated heterocycles. The van der Waals surface area contributed by atoms with E-state index in [1.165, 1.54) is 18.0 Å². The molecule has 2 fully saturated rings. The van der Waals surface area contributed by atoms with Crippen molar-refractivity contribution in [2.75, 3.05) is 19.5 Å². The maximum atomic E-state index is 14.3. The van der Waals surface area contributed by atoms with Gasteiger partial charge in [-0.2, -0.15) is 0 Å². The molecule has 1 aliphatic carbocycles. The zero-order valence-electron chi connectivity index (χ0n) is 24.7. The molecule has 7 nitrogen and oxygen atoms in total. The predicted octanol–water partition coefficient (Wildman–Crippen LogP) is 5.46. The minimum Gasteiger partial charge on any atom is -0.395 e. The summed E-state index contributed by atoms with van der Waals surface area (Å²) in [5, 5.41) is 41.3. The first-order chi connectivity index (χ1) is 20.8. The molecule has 0 amide bonds. The fourth-order valence-electron chi connectivity index (χ4n) is 6.79. The number of hydrogen-bond acceptors (Lipinski definition) is 6. The van der Waals surface area contributed by atoms with Gasteiger partial charge in [-0.15, -0.1) is 5.10 Å². The molecule has 2 heterocycles. The van der Waals surface area contributed by atoms with Crippen LogP contribution in [0.4, 0.5) is 22.0 Å². The largest absolute Gasteiger partial charge is 0.395 e. The van der Waals surface area contributed by atoms with Crippen LogP contribution < -0.4 is 0 Å². The van der Waals surface area contributed by atoms with E-state index in [1.807, 2.05) is 38.1 Å². The van der Waals surface area contributed by atoms with Crippen LogP contribution in [0.3, 0.4) is 0 Å². The number of thiol groups is 1. The van der Waals surface area contributed by atoms with E-state index in [4.69, 9.17) is 4.74 Å². The second-order valence-electron chi connectivity index (χ2n) is 12.2. The Morgan fingerprint density at radius 2 is 1.66 bits per heavy atom. The van der Waals surface area contributed by atoms with E-state index < -0.39 is 88.1 Å². The van der Waals surface area contributed by atoms with Crippen LogP contribution >= 0.6 is 10.9 Å². The highest BCUT2D eigenvalue weighted by Gasteiger charge is 2.54. The highest BCUT2D eigenvalue weighted by molar-refractivity contribution is 8.18. The van der Waals surface area contributed by atoms with Crippen LogP contribution in [0, 0.1) is 17.5 Å². The van der Waals surface area contributed by atoms with Crippen molar-refractivity contribution in [2.24, 2.45) is 0 Å². The van der Waals surface area contributed by atoms with Gasteiger partial charge in [0, 0.05) is 41.8 Å². The molecule has 1 unspecified atom stereocenters. The van der Waals surface area contributed by atoms with E-state index in [0.717, 1.165) is 23.3 Å². The Morgan fingerprint density at radius 1 is 1.05 bits per heavy atom. The van der Waals surface area contributed by atoms with Gasteiger partial charge < -0.3 is 20.1 Å². The monoisotopic (exact) mass is 643 g/mol. The predicted molar refractivity (Wildman–Crippen MR) is 158 cm³/mol. The quantitative estimate of drug-likeness (QED) is 0.148. The van der Waals surface area contributed by atoms with Gasteiger partial charge in [-0.05, 0) is 42.0 Å². The van der Waals surface area contributed by atoms with Crippen LogP contribution in [-0.4, -0.2) is 78.8 Å². The number of benzene rings is 2. The fraction of sp³-hybridized carbons (Fsp3) is 0.548. The number of methoxy groups -OCH3 is 1. The Bertz CT molecular complexity index is 1440. The summed E-state index contributed by atoms with van der Waals surface area (Å²) >= 11 is 0. The van der Waals surface area contributed by atoms with E-state index in [2.05, 4.69) is 10.3 Å². The molecule has 44 heavy (non-hydrogen) atoms. The molecule has 6 atom stereocenters. The van der Waals surface area contributed by atoms with Gasteiger partial charge in [-0.1, -0.05) is 43.3 Å². The number of halogens is 5. The Morgan fingerprint density at radius 3 is 2.23 bits per heavy atom. The number of alkyl halides is 2. The molecule has 0 bridgehead atoms. The van der Waals surface area contributed by atoms with Crippen molar-refractivity contribution in [1.82, 2.24) is 15.0 Å². The lowest BCUT2D eigenvalue weighted by molar-refractivity contribution is -0.105. The molecule has 1 aliphatic heterocycles. The Balaban J connectivity index is 1.55. The second kappa shape index (κ2) is 12.7. The molecule has 2 aromatic carbocycles. The van der Waals surface area contributed by atoms with Crippen molar-refractivity contribution >= 4 is 10.9 Å². The SMILES string of the molecule is CO[C@H]1C[SH]([C@H](c2ccccc2C(C)C)C2(O)CCC(F)(F)CC2)[C@H](CO)[C@H](O)[C@@H]1n1cc(-c2cc(F)c(F)c(F)c2)nn1. The number of nitrogens with zero attached hydrogens (tertiary/aromatic N) is 3. The molecule has 2 aliphatic rings. The summed E-state index contributed by atoms with van der Waals surface area (Å²) in [7, 11) is -0.0403. The highest BCUT2D eigenvalue weighted by atomic mass is 32.2. The minimum atomic E-state index is -2.88. The number of hydrogen-bond donors (Lipinski definition) is 4. The van der Waals surface area contributed by atoms with E-state index in [-0.39, 0.29) is 35.8 Å². The normalized spacial score (nSPS) is 28.2. The summed E-state index contributed by atoms with van der Waals surface area (Å²) in [6.07, 6.45) is -1.84. The summed E-state index contributed by atoms with van der Waals surface area (Å²) in [5.41, 5.74) is 0.221. The zero-order chi connectivity index (χ0) is 32.0. The van der Waals surface area contributed by atoms with E-state index >= 15 is 0 Å². The van der Waals surface area contributed by atoms with Crippen molar-refractivity contribution in [2.45, 2.75) is 85.7 Å². The maximum absolute atomic E-state index is 14.3. The first-order valence-corrected chi connectivity index (χ1v) is 16.3. The third kappa shape index (κ3) is 6.13. The van der Waals surface area contributed by atoms with Gasteiger partial charge in [0.05, 0.1) is 30.6 Å². The standard InChI is InChI=1S/C31H38F5N3O4S/c1-17(2)19-6-4-5-7-20(19)29(30(42)8-10-31(35,36)11-9-30)44-16-24(43-3)27(28(41)25(44)15-40)39-14-23(37-38-39)18-12-21(32)26(34)22(33)13-18/h4-7,12-14,17,24-25,27-29,40-42,44H,8-11,15-16H2,1-3H3/t24-,25+,27+,28-,29+/m0/s1. The van der Waals surface area contributed by atoms with Gasteiger partial charge in [0.2, 0.25) is 5.92 Å². The molecule has 1 aromatic heterocycles. The van der Waals surface area contributed by atoms with Gasteiger partial charge in [0.1, 0.15) is 11.7 Å². The van der Waals surface area contributed by atoms with E-state index in [9.17, 15) is 37.3 Å². The average Bonchev–Trinajstić information content (AvgIpc) is 3.47. The van der Waals surface area contributed by atoms with Crippen molar-refractivity contribution in [1.29, 1.82) is 0 Å².